The molecule has 0 spiro atoms. The van der Waals surface area contributed by atoms with Gasteiger partial charge in [0.15, 0.2) is 0 Å². The van der Waals surface area contributed by atoms with Crippen molar-refractivity contribution in [2.45, 2.75) is 32.7 Å². The minimum absolute atomic E-state index is 0.152. The fourth-order valence-corrected chi connectivity index (χ4v) is 5.49. The lowest BCUT2D eigenvalue weighted by molar-refractivity contribution is 0.195. The first-order chi connectivity index (χ1) is 13.6. The number of carbonyl (C=O) groups excluding carboxylic acids is 1. The van der Waals surface area contributed by atoms with E-state index in [1.807, 2.05) is 23.1 Å². The second-order valence-electron chi connectivity index (χ2n) is 7.00. The lowest BCUT2D eigenvalue weighted by Crippen LogP contribution is -2.42. The Kier molecular flexibility index (Phi) is 5.18. The predicted molar refractivity (Wildman–Crippen MR) is 113 cm³/mol. The summed E-state index contributed by atoms with van der Waals surface area (Å²) in [7, 11) is 0. The quantitative estimate of drug-likeness (QED) is 0.586. The minimum atomic E-state index is -0.426. The molecular weight excluding hydrogens is 371 g/mol. The van der Waals surface area contributed by atoms with E-state index >= 15 is 0 Å². The number of benzene rings is 2. The maximum atomic E-state index is 14.0. The Bertz CT molecular complexity index is 999. The summed E-state index contributed by atoms with van der Waals surface area (Å²) in [6.07, 6.45) is 1.83. The third kappa shape index (κ3) is 3.31. The molecule has 144 valence electrons. The summed E-state index contributed by atoms with van der Waals surface area (Å²) in [5.41, 5.74) is 4.08. The Balaban J connectivity index is 1.74. The lowest BCUT2D eigenvalue weighted by atomic mass is 9.92. The van der Waals surface area contributed by atoms with Crippen LogP contribution in [0.1, 0.15) is 39.4 Å². The molecule has 3 nitrogen and oxygen atoms in total. The molecule has 0 aliphatic carbocycles. The van der Waals surface area contributed by atoms with Crippen LogP contribution in [-0.4, -0.2) is 17.5 Å². The van der Waals surface area contributed by atoms with Gasteiger partial charge in [-0.2, -0.15) is 0 Å². The van der Waals surface area contributed by atoms with Crippen LogP contribution in [0.5, 0.6) is 0 Å². The number of halogens is 1. The van der Waals surface area contributed by atoms with Crippen LogP contribution in [0.15, 0.2) is 54.6 Å². The van der Waals surface area contributed by atoms with Gasteiger partial charge in [0, 0.05) is 16.3 Å². The Labute approximate surface area is 168 Å². The van der Waals surface area contributed by atoms with Gasteiger partial charge >= 0.3 is 6.03 Å². The normalized spacial score (nSPS) is 16.0. The summed E-state index contributed by atoms with van der Waals surface area (Å²) in [5, 5.41) is 2.76. The van der Waals surface area contributed by atoms with E-state index in [0.29, 0.717) is 6.54 Å². The average Bonchev–Trinajstić information content (AvgIpc) is 3.04. The molecule has 1 aliphatic rings. The van der Waals surface area contributed by atoms with Crippen LogP contribution in [-0.2, 0) is 12.8 Å². The number of hydrogen-bond acceptors (Lipinski definition) is 2. The molecule has 1 unspecified atom stereocenters. The largest absolute Gasteiger partial charge is 0.322 e. The van der Waals surface area contributed by atoms with Crippen molar-refractivity contribution in [3.05, 3.63) is 86.9 Å². The third-order valence-corrected chi connectivity index (χ3v) is 6.60. The number of rotatable bonds is 3. The van der Waals surface area contributed by atoms with Gasteiger partial charge in [-0.3, -0.25) is 0 Å². The van der Waals surface area contributed by atoms with E-state index in [1.54, 1.807) is 29.5 Å². The molecule has 3 aromatic rings. The number of nitrogens with one attached hydrogen (secondary N) is 1. The van der Waals surface area contributed by atoms with Crippen molar-refractivity contribution in [3.63, 3.8) is 0 Å². The van der Waals surface area contributed by atoms with Crippen LogP contribution in [0.25, 0.3) is 0 Å². The zero-order valence-corrected chi connectivity index (χ0v) is 16.9. The average molecular weight is 395 g/mol. The van der Waals surface area contributed by atoms with E-state index in [-0.39, 0.29) is 17.8 Å². The second kappa shape index (κ2) is 7.76. The summed E-state index contributed by atoms with van der Waals surface area (Å²) in [6, 6.07) is 16.0. The first-order valence-electron chi connectivity index (χ1n) is 9.58. The smallest absolute Gasteiger partial charge is 0.312 e. The molecule has 5 heteroatoms. The predicted octanol–water partition coefficient (Wildman–Crippen LogP) is 5.94. The molecule has 0 fully saturated rings. The molecular formula is C23H23FN2OS. The minimum Gasteiger partial charge on any atom is -0.312 e. The molecule has 2 aromatic carbocycles. The van der Waals surface area contributed by atoms with Gasteiger partial charge < -0.3 is 10.2 Å². The zero-order chi connectivity index (χ0) is 19.7. The van der Waals surface area contributed by atoms with Gasteiger partial charge in [-0.25, -0.2) is 9.18 Å². The Morgan fingerprint density at radius 3 is 2.61 bits per heavy atom. The molecule has 0 bridgehead atoms. The van der Waals surface area contributed by atoms with Gasteiger partial charge in [0.05, 0.1) is 11.7 Å². The number of hydrogen-bond donors (Lipinski definition) is 1. The van der Waals surface area contributed by atoms with E-state index in [2.05, 4.69) is 31.3 Å². The molecule has 0 saturated heterocycles. The van der Waals surface area contributed by atoms with Crippen LogP contribution >= 0.6 is 11.3 Å². The zero-order valence-electron chi connectivity index (χ0n) is 16.0. The number of urea groups is 1. The number of nitrogens with zero attached hydrogens (tertiary/aromatic N) is 1. The number of carbonyl (C=O) groups is 1. The van der Waals surface area contributed by atoms with Gasteiger partial charge in [0.25, 0.3) is 0 Å². The maximum Gasteiger partial charge on any atom is 0.322 e. The number of fused-ring (bicyclic) bond motifs is 1. The maximum absolute atomic E-state index is 14.0. The highest BCUT2D eigenvalue weighted by molar-refractivity contribution is 7.12. The molecule has 28 heavy (non-hydrogen) atoms. The van der Waals surface area contributed by atoms with Crippen molar-refractivity contribution >= 4 is 23.1 Å². The first kappa shape index (κ1) is 18.7. The standard InChI is InChI=1S/C23H23FN2OS/c1-3-17-15(2)28-22-18(17)13-14-26(21(22)16-9-5-4-6-10-16)23(27)25-20-12-8-7-11-19(20)24/h4-12,21H,3,13-14H2,1-2H3,(H,25,27). The molecule has 1 aliphatic heterocycles. The number of thiophene rings is 1. The summed E-state index contributed by atoms with van der Waals surface area (Å²) in [6.45, 7) is 4.95. The molecule has 1 aromatic heterocycles. The van der Waals surface area contributed by atoms with E-state index in [9.17, 15) is 9.18 Å². The Hall–Kier alpha value is -2.66. The SMILES string of the molecule is CCc1c(C)sc2c1CCN(C(=O)Nc1ccccc1F)C2c1ccccc1. The monoisotopic (exact) mass is 394 g/mol. The third-order valence-electron chi connectivity index (χ3n) is 5.36. The van der Waals surface area contributed by atoms with E-state index in [0.717, 1.165) is 18.4 Å². The lowest BCUT2D eigenvalue weighted by Gasteiger charge is -2.36. The fourth-order valence-electron chi connectivity index (χ4n) is 4.04. The van der Waals surface area contributed by atoms with Gasteiger partial charge in [-0.05, 0) is 48.6 Å². The van der Waals surface area contributed by atoms with Crippen LogP contribution < -0.4 is 5.32 Å². The van der Waals surface area contributed by atoms with Crippen molar-refractivity contribution in [3.8, 4) is 0 Å². The van der Waals surface area contributed by atoms with Gasteiger partial charge in [0.1, 0.15) is 5.82 Å². The summed E-state index contributed by atoms with van der Waals surface area (Å²) in [4.78, 5) is 17.5. The molecule has 4 rings (SSSR count). The van der Waals surface area contributed by atoms with Crippen LogP contribution in [0.4, 0.5) is 14.9 Å². The highest BCUT2D eigenvalue weighted by atomic mass is 32.1. The highest BCUT2D eigenvalue weighted by Crippen LogP contribution is 2.43. The van der Waals surface area contributed by atoms with Crippen molar-refractivity contribution in [1.82, 2.24) is 4.90 Å². The summed E-state index contributed by atoms with van der Waals surface area (Å²) < 4.78 is 14.0. The molecule has 2 amide bonds. The number of anilines is 1. The molecule has 2 heterocycles. The number of amides is 2. The van der Waals surface area contributed by atoms with Crippen LogP contribution in [0, 0.1) is 12.7 Å². The molecule has 0 radical (unpaired) electrons. The van der Waals surface area contributed by atoms with Crippen molar-refractivity contribution in [2.75, 3.05) is 11.9 Å². The summed E-state index contributed by atoms with van der Waals surface area (Å²) in [5.74, 6) is -0.426. The van der Waals surface area contributed by atoms with E-state index in [4.69, 9.17) is 0 Å². The Morgan fingerprint density at radius 1 is 1.18 bits per heavy atom. The van der Waals surface area contributed by atoms with Gasteiger partial charge in [0.2, 0.25) is 0 Å². The highest BCUT2D eigenvalue weighted by Gasteiger charge is 2.35. The van der Waals surface area contributed by atoms with Crippen molar-refractivity contribution in [2.24, 2.45) is 0 Å². The first-order valence-corrected chi connectivity index (χ1v) is 10.4. The molecule has 1 N–H and O–H groups in total. The van der Waals surface area contributed by atoms with Gasteiger partial charge in [-0.1, -0.05) is 49.4 Å². The van der Waals surface area contributed by atoms with Gasteiger partial charge in [-0.15, -0.1) is 11.3 Å². The van der Waals surface area contributed by atoms with Crippen molar-refractivity contribution in [1.29, 1.82) is 0 Å². The summed E-state index contributed by atoms with van der Waals surface area (Å²) >= 11 is 1.78. The fraction of sp³-hybridized carbons (Fsp3) is 0.261. The van der Waals surface area contributed by atoms with Crippen molar-refractivity contribution < 1.29 is 9.18 Å². The van der Waals surface area contributed by atoms with Crippen LogP contribution in [0.2, 0.25) is 0 Å². The molecule has 1 atom stereocenters. The van der Waals surface area contributed by atoms with E-state index < -0.39 is 5.82 Å². The topological polar surface area (TPSA) is 32.3 Å². The van der Waals surface area contributed by atoms with Crippen LogP contribution in [0.3, 0.4) is 0 Å². The Morgan fingerprint density at radius 2 is 1.89 bits per heavy atom. The second-order valence-corrected chi connectivity index (χ2v) is 8.26. The number of para-hydroxylation sites is 1. The number of aryl methyl sites for hydroxylation is 1. The van der Waals surface area contributed by atoms with E-state index in [1.165, 1.54) is 26.9 Å². The molecule has 0 saturated carbocycles.